The number of piperidine rings is 1. The molecule has 1 aromatic carbocycles. The summed E-state index contributed by atoms with van der Waals surface area (Å²) in [7, 11) is 2.02. The third-order valence-corrected chi connectivity index (χ3v) is 5.19. The van der Waals surface area contributed by atoms with Gasteiger partial charge in [0.2, 0.25) is 0 Å². The van der Waals surface area contributed by atoms with E-state index in [1.807, 2.05) is 31.3 Å². The van der Waals surface area contributed by atoms with Gasteiger partial charge in [-0.3, -0.25) is 15.1 Å². The van der Waals surface area contributed by atoms with Gasteiger partial charge in [-0.25, -0.2) is 0 Å². The Morgan fingerprint density at radius 2 is 1.93 bits per heavy atom. The van der Waals surface area contributed by atoms with Crippen molar-refractivity contribution in [3.05, 3.63) is 58.9 Å². The molecular formula is C19H20N6O2. The van der Waals surface area contributed by atoms with Crippen LogP contribution < -0.4 is 9.80 Å². The number of hydrogen-bond acceptors (Lipinski definition) is 7. The quantitative estimate of drug-likeness (QED) is 0.519. The van der Waals surface area contributed by atoms with Crippen molar-refractivity contribution in [1.29, 1.82) is 0 Å². The number of nitro benzene ring substituents is 1. The van der Waals surface area contributed by atoms with Crippen LogP contribution in [-0.2, 0) is 0 Å². The van der Waals surface area contributed by atoms with Crippen LogP contribution in [0.5, 0.6) is 0 Å². The molecule has 0 saturated carbocycles. The summed E-state index contributed by atoms with van der Waals surface area (Å²) in [5.74, 6) is 0.846. The fraction of sp³-hybridized carbons (Fsp3) is 0.316. The molecular weight excluding hydrogens is 344 g/mol. The third-order valence-electron chi connectivity index (χ3n) is 5.19. The maximum atomic E-state index is 11.8. The Morgan fingerprint density at radius 1 is 1.15 bits per heavy atom. The molecule has 0 atom stereocenters. The average molecular weight is 364 g/mol. The number of pyridine rings is 1. The fourth-order valence-electron chi connectivity index (χ4n) is 3.74. The van der Waals surface area contributed by atoms with Gasteiger partial charge in [0.15, 0.2) is 5.82 Å². The molecule has 8 heteroatoms. The molecule has 0 N–H and O–H groups in total. The summed E-state index contributed by atoms with van der Waals surface area (Å²) in [4.78, 5) is 20.0. The average Bonchev–Trinajstić information content (AvgIpc) is 2.73. The van der Waals surface area contributed by atoms with Crippen molar-refractivity contribution < 1.29 is 4.92 Å². The van der Waals surface area contributed by atoms with Crippen LogP contribution >= 0.6 is 0 Å². The highest BCUT2D eigenvalue weighted by Gasteiger charge is 2.28. The van der Waals surface area contributed by atoms with Gasteiger partial charge in [0.1, 0.15) is 5.69 Å². The van der Waals surface area contributed by atoms with Crippen LogP contribution in [0, 0.1) is 10.1 Å². The van der Waals surface area contributed by atoms with Crippen LogP contribution in [0.3, 0.4) is 0 Å². The van der Waals surface area contributed by atoms with Crippen LogP contribution in [0.2, 0.25) is 0 Å². The monoisotopic (exact) mass is 364 g/mol. The number of anilines is 2. The molecule has 0 bridgehead atoms. The topological polar surface area (TPSA) is 88.3 Å². The SMILES string of the molecule is CN(c1cccnn1)C1CCN(c2ccc3ncccc3c2[N+](=O)[O-])CC1. The van der Waals surface area contributed by atoms with E-state index < -0.39 is 0 Å². The van der Waals surface area contributed by atoms with Gasteiger partial charge >= 0.3 is 5.69 Å². The van der Waals surface area contributed by atoms with Gasteiger partial charge in [0.05, 0.1) is 15.8 Å². The number of rotatable bonds is 4. The summed E-state index contributed by atoms with van der Waals surface area (Å²) in [6, 6.07) is 11.3. The van der Waals surface area contributed by atoms with Crippen LogP contribution in [0.1, 0.15) is 12.8 Å². The molecule has 0 aliphatic carbocycles. The first kappa shape index (κ1) is 17.1. The van der Waals surface area contributed by atoms with Gasteiger partial charge < -0.3 is 9.80 Å². The molecule has 3 aromatic rings. The standard InChI is InChI=1S/C19H20N6O2/c1-23(18-5-3-11-21-22-18)14-8-12-24(13-9-14)17-7-6-16-15(4-2-10-20-16)19(17)25(26)27/h2-7,10-11,14H,8-9,12-13H2,1H3. The van der Waals surface area contributed by atoms with Crippen molar-refractivity contribution in [1.82, 2.24) is 15.2 Å². The maximum Gasteiger partial charge on any atom is 0.301 e. The number of nitro groups is 1. The number of hydrogen-bond donors (Lipinski definition) is 0. The second-order valence-electron chi connectivity index (χ2n) is 6.67. The van der Waals surface area contributed by atoms with Gasteiger partial charge in [0.25, 0.3) is 0 Å². The van der Waals surface area contributed by atoms with E-state index in [4.69, 9.17) is 0 Å². The molecule has 1 saturated heterocycles. The van der Waals surface area contributed by atoms with Gasteiger partial charge in [0, 0.05) is 38.6 Å². The third kappa shape index (κ3) is 3.25. The van der Waals surface area contributed by atoms with E-state index >= 15 is 0 Å². The predicted octanol–water partition coefficient (Wildman–Crippen LogP) is 3.04. The van der Waals surface area contributed by atoms with E-state index in [9.17, 15) is 10.1 Å². The molecule has 8 nitrogen and oxygen atoms in total. The zero-order valence-electron chi connectivity index (χ0n) is 15.0. The lowest BCUT2D eigenvalue weighted by atomic mass is 10.0. The van der Waals surface area contributed by atoms with Crippen LogP contribution in [0.4, 0.5) is 17.2 Å². The molecule has 2 aromatic heterocycles. The van der Waals surface area contributed by atoms with Gasteiger partial charge in [-0.2, -0.15) is 5.10 Å². The first-order chi connectivity index (χ1) is 13.1. The fourth-order valence-corrected chi connectivity index (χ4v) is 3.74. The van der Waals surface area contributed by atoms with Gasteiger partial charge in [-0.15, -0.1) is 5.10 Å². The summed E-state index contributed by atoms with van der Waals surface area (Å²) in [5.41, 5.74) is 1.45. The first-order valence-corrected chi connectivity index (χ1v) is 8.93. The summed E-state index contributed by atoms with van der Waals surface area (Å²) in [6.07, 6.45) is 5.11. The summed E-state index contributed by atoms with van der Waals surface area (Å²) in [5, 5.41) is 20.5. The Morgan fingerprint density at radius 3 is 2.63 bits per heavy atom. The zero-order valence-corrected chi connectivity index (χ0v) is 15.0. The highest BCUT2D eigenvalue weighted by molar-refractivity contribution is 5.94. The van der Waals surface area contributed by atoms with E-state index in [0.29, 0.717) is 22.6 Å². The van der Waals surface area contributed by atoms with Crippen LogP contribution in [0.15, 0.2) is 48.8 Å². The molecule has 4 rings (SSSR count). The van der Waals surface area contributed by atoms with Crippen molar-refractivity contribution in [2.45, 2.75) is 18.9 Å². The van der Waals surface area contributed by atoms with E-state index in [1.165, 1.54) is 0 Å². The molecule has 1 aliphatic heterocycles. The minimum atomic E-state index is -0.295. The molecule has 3 heterocycles. The second kappa shape index (κ2) is 7.14. The van der Waals surface area contributed by atoms with Crippen molar-refractivity contribution in [3.63, 3.8) is 0 Å². The van der Waals surface area contributed by atoms with Crippen LogP contribution in [-0.4, -0.2) is 46.3 Å². The number of fused-ring (bicyclic) bond motifs is 1. The predicted molar refractivity (Wildman–Crippen MR) is 104 cm³/mol. The van der Waals surface area contributed by atoms with E-state index in [1.54, 1.807) is 24.5 Å². The number of aromatic nitrogens is 3. The zero-order chi connectivity index (χ0) is 18.8. The molecule has 138 valence electrons. The van der Waals surface area contributed by atoms with Crippen molar-refractivity contribution >= 4 is 28.1 Å². The van der Waals surface area contributed by atoms with Gasteiger partial charge in [-0.05, 0) is 49.2 Å². The highest BCUT2D eigenvalue weighted by atomic mass is 16.6. The molecule has 0 amide bonds. The Kier molecular flexibility index (Phi) is 4.53. The first-order valence-electron chi connectivity index (χ1n) is 8.93. The molecule has 27 heavy (non-hydrogen) atoms. The lowest BCUT2D eigenvalue weighted by molar-refractivity contribution is -0.382. The smallest absolute Gasteiger partial charge is 0.301 e. The summed E-state index contributed by atoms with van der Waals surface area (Å²) < 4.78 is 0. The number of nitrogens with zero attached hydrogens (tertiary/aromatic N) is 6. The second-order valence-corrected chi connectivity index (χ2v) is 6.67. The molecule has 0 unspecified atom stereocenters. The summed E-state index contributed by atoms with van der Waals surface area (Å²) in [6.45, 7) is 1.50. The minimum Gasteiger partial charge on any atom is -0.366 e. The highest BCUT2D eigenvalue weighted by Crippen LogP contribution is 2.36. The Bertz CT molecular complexity index is 957. The van der Waals surface area contributed by atoms with E-state index in [0.717, 1.165) is 31.7 Å². The van der Waals surface area contributed by atoms with E-state index in [-0.39, 0.29) is 10.6 Å². The Labute approximate surface area is 156 Å². The maximum absolute atomic E-state index is 11.8. The van der Waals surface area contributed by atoms with Crippen molar-refractivity contribution in [2.24, 2.45) is 0 Å². The molecule has 1 fully saturated rings. The minimum absolute atomic E-state index is 0.140. The Hall–Kier alpha value is -3.29. The largest absolute Gasteiger partial charge is 0.366 e. The lowest BCUT2D eigenvalue weighted by Gasteiger charge is -2.38. The normalized spacial score (nSPS) is 15.1. The Balaban J connectivity index is 1.56. The van der Waals surface area contributed by atoms with Crippen LogP contribution in [0.25, 0.3) is 10.9 Å². The van der Waals surface area contributed by atoms with Gasteiger partial charge in [-0.1, -0.05) is 0 Å². The molecule has 0 spiro atoms. The lowest BCUT2D eigenvalue weighted by Crippen LogP contribution is -2.44. The van der Waals surface area contributed by atoms with Crippen molar-refractivity contribution in [2.75, 3.05) is 29.9 Å². The number of benzene rings is 1. The molecule has 0 radical (unpaired) electrons. The summed E-state index contributed by atoms with van der Waals surface area (Å²) >= 11 is 0. The van der Waals surface area contributed by atoms with E-state index in [2.05, 4.69) is 25.0 Å². The molecule has 1 aliphatic rings. The van der Waals surface area contributed by atoms with Crippen molar-refractivity contribution in [3.8, 4) is 0 Å².